The molecular weight excluding hydrogens is 164 g/mol. The molecule has 1 amide bonds. The second kappa shape index (κ2) is 3.72. The number of nitrogens with zero attached hydrogens (tertiary/aromatic N) is 1. The van der Waals surface area contributed by atoms with Gasteiger partial charge in [0.25, 0.3) is 0 Å². The van der Waals surface area contributed by atoms with Crippen LogP contribution in [0.3, 0.4) is 0 Å². The first-order valence-electron chi connectivity index (χ1n) is 3.92. The molecule has 0 bridgehead atoms. The van der Waals surface area contributed by atoms with Gasteiger partial charge in [0.1, 0.15) is 0 Å². The Morgan fingerprint density at radius 1 is 1.38 bits per heavy atom. The topological polar surface area (TPSA) is 52.9 Å². The van der Waals surface area contributed by atoms with Gasteiger partial charge in [-0.15, -0.1) is 0 Å². The normalized spacial score (nSPS) is 9.00. The van der Waals surface area contributed by atoms with Crippen molar-refractivity contribution in [3.05, 3.63) is 29.3 Å². The van der Waals surface area contributed by atoms with Crippen molar-refractivity contribution in [3.63, 3.8) is 0 Å². The zero-order valence-corrected chi connectivity index (χ0v) is 7.59. The molecular formula is C10H10N2O. The number of benzene rings is 1. The molecule has 0 aliphatic heterocycles. The molecule has 66 valence electrons. The maximum Gasteiger partial charge on any atom is 0.326 e. The Morgan fingerprint density at radius 3 is 2.62 bits per heavy atom. The summed E-state index contributed by atoms with van der Waals surface area (Å²) in [5.74, 6) is -0.636. The van der Waals surface area contributed by atoms with E-state index in [2.05, 4.69) is 5.32 Å². The Balaban J connectivity index is 2.87. The van der Waals surface area contributed by atoms with Gasteiger partial charge in [0.05, 0.1) is 0 Å². The zero-order valence-electron chi connectivity index (χ0n) is 7.59. The van der Waals surface area contributed by atoms with Crippen LogP contribution in [0.5, 0.6) is 0 Å². The number of carbonyl (C=O) groups is 1. The number of hydrogen-bond acceptors (Lipinski definition) is 2. The van der Waals surface area contributed by atoms with Gasteiger partial charge in [-0.25, -0.2) is 0 Å². The van der Waals surface area contributed by atoms with Gasteiger partial charge >= 0.3 is 5.91 Å². The molecule has 0 aliphatic rings. The van der Waals surface area contributed by atoms with E-state index in [9.17, 15) is 4.79 Å². The van der Waals surface area contributed by atoms with E-state index in [0.29, 0.717) is 5.69 Å². The molecule has 0 atom stereocenters. The highest BCUT2D eigenvalue weighted by atomic mass is 16.1. The Kier molecular flexibility index (Phi) is 2.65. The molecule has 0 spiro atoms. The summed E-state index contributed by atoms with van der Waals surface area (Å²) < 4.78 is 0. The van der Waals surface area contributed by atoms with Gasteiger partial charge in [0, 0.05) is 5.69 Å². The molecule has 1 aromatic carbocycles. The molecule has 0 aromatic heterocycles. The van der Waals surface area contributed by atoms with Gasteiger partial charge in [0.2, 0.25) is 0 Å². The number of aryl methyl sites for hydroxylation is 2. The molecule has 1 rings (SSSR count). The van der Waals surface area contributed by atoms with Crippen molar-refractivity contribution in [1.82, 2.24) is 0 Å². The summed E-state index contributed by atoms with van der Waals surface area (Å²) >= 11 is 0. The van der Waals surface area contributed by atoms with E-state index in [1.54, 1.807) is 6.07 Å². The first-order valence-corrected chi connectivity index (χ1v) is 3.92. The minimum absolute atomic E-state index is 0.636. The first kappa shape index (κ1) is 9.27. The second-order valence-corrected chi connectivity index (χ2v) is 2.86. The number of nitriles is 1. The molecule has 13 heavy (non-hydrogen) atoms. The van der Waals surface area contributed by atoms with E-state index in [4.69, 9.17) is 5.26 Å². The van der Waals surface area contributed by atoms with Crippen LogP contribution in [0.2, 0.25) is 0 Å². The Hall–Kier alpha value is -1.82. The quantitative estimate of drug-likeness (QED) is 0.659. The van der Waals surface area contributed by atoms with Crippen LogP contribution in [-0.4, -0.2) is 5.91 Å². The summed E-state index contributed by atoms with van der Waals surface area (Å²) in [5, 5.41) is 10.7. The highest BCUT2D eigenvalue weighted by Crippen LogP contribution is 2.13. The SMILES string of the molecule is Cc1ccc(NC(=O)C#N)cc1C. The number of rotatable bonds is 1. The van der Waals surface area contributed by atoms with Crippen LogP contribution in [0.25, 0.3) is 0 Å². The standard InChI is InChI=1S/C10H10N2O/c1-7-3-4-9(5-8(7)2)12-10(13)6-11/h3-5H,1-2H3,(H,12,13). The summed E-state index contributed by atoms with van der Waals surface area (Å²) in [6.07, 6.45) is 0. The van der Waals surface area contributed by atoms with Crippen molar-refractivity contribution in [3.8, 4) is 6.07 Å². The van der Waals surface area contributed by atoms with E-state index in [0.717, 1.165) is 11.1 Å². The van der Waals surface area contributed by atoms with Crippen LogP contribution >= 0.6 is 0 Å². The molecule has 0 heterocycles. The van der Waals surface area contributed by atoms with E-state index in [1.165, 1.54) is 6.07 Å². The Bertz CT molecular complexity index is 377. The van der Waals surface area contributed by atoms with Crippen molar-refractivity contribution in [1.29, 1.82) is 5.26 Å². The van der Waals surface area contributed by atoms with Gasteiger partial charge in [-0.3, -0.25) is 4.79 Å². The van der Waals surface area contributed by atoms with Crippen molar-refractivity contribution in [2.75, 3.05) is 5.32 Å². The lowest BCUT2D eigenvalue weighted by Gasteiger charge is -2.03. The Morgan fingerprint density at radius 2 is 2.08 bits per heavy atom. The van der Waals surface area contributed by atoms with E-state index >= 15 is 0 Å². The third-order valence-corrected chi connectivity index (χ3v) is 1.87. The van der Waals surface area contributed by atoms with Crippen LogP contribution in [0.4, 0.5) is 5.69 Å². The second-order valence-electron chi connectivity index (χ2n) is 2.86. The molecule has 3 nitrogen and oxygen atoms in total. The average molecular weight is 174 g/mol. The van der Waals surface area contributed by atoms with Crippen LogP contribution in [0, 0.1) is 25.2 Å². The van der Waals surface area contributed by atoms with Crippen LogP contribution in [0.1, 0.15) is 11.1 Å². The summed E-state index contributed by atoms with van der Waals surface area (Å²) in [7, 11) is 0. The summed E-state index contributed by atoms with van der Waals surface area (Å²) in [6.45, 7) is 3.95. The van der Waals surface area contributed by atoms with Gasteiger partial charge in [-0.05, 0) is 37.1 Å². The fourth-order valence-electron chi connectivity index (χ4n) is 0.978. The minimum atomic E-state index is -0.636. The van der Waals surface area contributed by atoms with E-state index in [1.807, 2.05) is 26.0 Å². The van der Waals surface area contributed by atoms with E-state index < -0.39 is 5.91 Å². The Labute approximate surface area is 77.0 Å². The fraction of sp³-hybridized carbons (Fsp3) is 0.200. The zero-order chi connectivity index (χ0) is 9.84. The molecule has 0 unspecified atom stereocenters. The van der Waals surface area contributed by atoms with Crippen molar-refractivity contribution >= 4 is 11.6 Å². The molecule has 3 heteroatoms. The molecule has 0 saturated carbocycles. The van der Waals surface area contributed by atoms with Crippen molar-refractivity contribution in [2.24, 2.45) is 0 Å². The van der Waals surface area contributed by atoms with Crippen molar-refractivity contribution in [2.45, 2.75) is 13.8 Å². The molecule has 0 fully saturated rings. The minimum Gasteiger partial charge on any atom is -0.313 e. The summed E-state index contributed by atoms with van der Waals surface area (Å²) in [5.41, 5.74) is 2.92. The maximum atomic E-state index is 10.7. The lowest BCUT2D eigenvalue weighted by atomic mass is 10.1. The van der Waals surface area contributed by atoms with E-state index in [-0.39, 0.29) is 0 Å². The maximum absolute atomic E-state index is 10.7. The predicted octanol–water partition coefficient (Wildman–Crippen LogP) is 1.77. The third-order valence-electron chi connectivity index (χ3n) is 1.87. The molecule has 0 saturated heterocycles. The molecule has 1 N–H and O–H groups in total. The van der Waals surface area contributed by atoms with Crippen LogP contribution in [-0.2, 0) is 4.79 Å². The van der Waals surface area contributed by atoms with Gasteiger partial charge in [-0.2, -0.15) is 5.26 Å². The largest absolute Gasteiger partial charge is 0.326 e. The van der Waals surface area contributed by atoms with Gasteiger partial charge in [-0.1, -0.05) is 6.07 Å². The highest BCUT2D eigenvalue weighted by molar-refractivity contribution is 6.02. The van der Waals surface area contributed by atoms with Gasteiger partial charge in [0.15, 0.2) is 6.07 Å². The van der Waals surface area contributed by atoms with Gasteiger partial charge < -0.3 is 5.32 Å². The average Bonchev–Trinajstić information content (AvgIpc) is 2.11. The third kappa shape index (κ3) is 2.31. The number of carbonyl (C=O) groups excluding carboxylic acids is 1. The lowest BCUT2D eigenvalue weighted by Crippen LogP contribution is -2.08. The fourth-order valence-corrected chi connectivity index (χ4v) is 0.978. The smallest absolute Gasteiger partial charge is 0.313 e. The lowest BCUT2D eigenvalue weighted by molar-refractivity contribution is -0.111. The highest BCUT2D eigenvalue weighted by Gasteiger charge is 2.00. The van der Waals surface area contributed by atoms with Crippen LogP contribution < -0.4 is 5.32 Å². The predicted molar refractivity (Wildman–Crippen MR) is 50.2 cm³/mol. The summed E-state index contributed by atoms with van der Waals surface area (Å²) in [6, 6.07) is 7.02. The molecule has 0 radical (unpaired) electrons. The monoisotopic (exact) mass is 174 g/mol. The molecule has 1 aromatic rings. The first-order chi connectivity index (χ1) is 6.13. The summed E-state index contributed by atoms with van der Waals surface area (Å²) in [4.78, 5) is 10.7. The molecule has 0 aliphatic carbocycles. The number of nitrogens with one attached hydrogen (secondary N) is 1. The number of anilines is 1. The number of amides is 1. The van der Waals surface area contributed by atoms with Crippen molar-refractivity contribution < 1.29 is 4.79 Å². The number of hydrogen-bond donors (Lipinski definition) is 1. The van der Waals surface area contributed by atoms with Crippen LogP contribution in [0.15, 0.2) is 18.2 Å².